The summed E-state index contributed by atoms with van der Waals surface area (Å²) in [7, 11) is 0. The third-order valence-corrected chi connectivity index (χ3v) is 6.09. The Balaban J connectivity index is 1.55. The van der Waals surface area contributed by atoms with E-state index in [1.807, 2.05) is 24.3 Å². The molecule has 1 aliphatic heterocycles. The van der Waals surface area contributed by atoms with E-state index in [0.29, 0.717) is 18.2 Å². The lowest BCUT2D eigenvalue weighted by molar-refractivity contribution is -0.118. The summed E-state index contributed by atoms with van der Waals surface area (Å²) in [5, 5.41) is 3.40. The van der Waals surface area contributed by atoms with E-state index in [9.17, 15) is 9.59 Å². The molecular formula is C19H23BrN4O2S. The minimum atomic E-state index is -0.0924. The molecule has 27 heavy (non-hydrogen) atoms. The molecule has 0 bridgehead atoms. The van der Waals surface area contributed by atoms with Crippen molar-refractivity contribution >= 4 is 33.6 Å². The Morgan fingerprint density at radius 1 is 1.41 bits per heavy atom. The second-order valence-corrected chi connectivity index (χ2v) is 8.30. The number of thioether (sulfide) groups is 1. The van der Waals surface area contributed by atoms with Crippen molar-refractivity contribution in [1.82, 2.24) is 20.2 Å². The number of hydrogen-bond donors (Lipinski definition) is 2. The maximum atomic E-state index is 12.4. The van der Waals surface area contributed by atoms with Crippen LogP contribution in [0.5, 0.6) is 0 Å². The zero-order valence-corrected chi connectivity index (χ0v) is 17.7. The van der Waals surface area contributed by atoms with Crippen LogP contribution in [0.25, 0.3) is 0 Å². The molecule has 1 aromatic heterocycles. The molecule has 6 nitrogen and oxygen atoms in total. The fraction of sp³-hybridized carbons (Fsp3) is 0.421. The Bertz CT molecular complexity index is 871. The summed E-state index contributed by atoms with van der Waals surface area (Å²) < 4.78 is 0.968. The fourth-order valence-corrected chi connectivity index (χ4v) is 4.19. The quantitative estimate of drug-likeness (QED) is 0.500. The molecule has 2 aromatic rings. The number of nitrogens with zero attached hydrogens (tertiary/aromatic N) is 2. The minimum Gasteiger partial charge on any atom is -0.351 e. The number of benzene rings is 1. The molecule has 0 aliphatic carbocycles. The molecule has 0 atom stereocenters. The first-order chi connectivity index (χ1) is 13.1. The van der Waals surface area contributed by atoms with Crippen molar-refractivity contribution < 1.29 is 4.79 Å². The third kappa shape index (κ3) is 5.43. The number of aromatic amines is 1. The van der Waals surface area contributed by atoms with Gasteiger partial charge in [0.15, 0.2) is 5.16 Å². The maximum absolute atomic E-state index is 12.4. The normalized spacial score (nSPS) is 14.0. The Morgan fingerprint density at radius 2 is 2.22 bits per heavy atom. The topological polar surface area (TPSA) is 78.1 Å². The molecular weight excluding hydrogens is 428 g/mol. The van der Waals surface area contributed by atoms with Crippen LogP contribution in [0.1, 0.15) is 30.2 Å². The number of carbonyl (C=O) groups excluding carboxylic acids is 1. The van der Waals surface area contributed by atoms with Gasteiger partial charge in [-0.25, -0.2) is 4.98 Å². The number of H-pyrrole nitrogens is 1. The van der Waals surface area contributed by atoms with Crippen molar-refractivity contribution in [1.29, 1.82) is 0 Å². The molecule has 1 aliphatic rings. The van der Waals surface area contributed by atoms with Gasteiger partial charge in [0.2, 0.25) is 5.91 Å². The van der Waals surface area contributed by atoms with E-state index in [2.05, 4.69) is 43.0 Å². The second kappa shape index (κ2) is 9.52. The van der Waals surface area contributed by atoms with E-state index in [1.54, 1.807) is 0 Å². The van der Waals surface area contributed by atoms with Crippen LogP contribution in [0.15, 0.2) is 38.7 Å². The first-order valence-electron chi connectivity index (χ1n) is 9.04. The largest absolute Gasteiger partial charge is 0.351 e. The average Bonchev–Trinajstić information content (AvgIpc) is 2.66. The Labute approximate surface area is 171 Å². The first kappa shape index (κ1) is 20.1. The standard InChI is InChI=1S/C19H23BrN4O2S/c1-2-8-24-9-7-16-14(11-24)18(26)23-19(22-16)27-12-17(25)21-10-13-5-3-4-6-15(13)20/h3-6H,2,7-12H2,1H3,(H,21,25)(H,22,23,26). The number of aromatic nitrogens is 2. The molecule has 8 heteroatoms. The Kier molecular flexibility index (Phi) is 7.09. The average molecular weight is 451 g/mol. The molecule has 0 fully saturated rings. The van der Waals surface area contributed by atoms with Gasteiger partial charge in [0.05, 0.1) is 17.0 Å². The number of nitrogens with one attached hydrogen (secondary N) is 2. The zero-order valence-electron chi connectivity index (χ0n) is 15.3. The van der Waals surface area contributed by atoms with Crippen molar-refractivity contribution in [3.05, 3.63) is 55.9 Å². The van der Waals surface area contributed by atoms with Crippen LogP contribution in [0.4, 0.5) is 0 Å². The number of hydrogen-bond acceptors (Lipinski definition) is 5. The van der Waals surface area contributed by atoms with Gasteiger partial charge in [-0.05, 0) is 24.6 Å². The van der Waals surface area contributed by atoms with Gasteiger partial charge in [-0.3, -0.25) is 14.5 Å². The highest BCUT2D eigenvalue weighted by atomic mass is 79.9. The predicted molar refractivity (Wildman–Crippen MR) is 111 cm³/mol. The smallest absolute Gasteiger partial charge is 0.256 e. The van der Waals surface area contributed by atoms with Crippen LogP contribution in [0.2, 0.25) is 0 Å². The minimum absolute atomic E-state index is 0.0862. The third-order valence-electron chi connectivity index (χ3n) is 4.44. The van der Waals surface area contributed by atoms with Crippen LogP contribution in [-0.4, -0.2) is 39.6 Å². The van der Waals surface area contributed by atoms with Gasteiger partial charge in [0.1, 0.15) is 0 Å². The van der Waals surface area contributed by atoms with Gasteiger partial charge in [0.25, 0.3) is 5.56 Å². The van der Waals surface area contributed by atoms with Gasteiger partial charge in [-0.1, -0.05) is 52.8 Å². The maximum Gasteiger partial charge on any atom is 0.256 e. The van der Waals surface area contributed by atoms with Gasteiger partial charge in [-0.15, -0.1) is 0 Å². The van der Waals surface area contributed by atoms with Crippen LogP contribution in [0, 0.1) is 0 Å². The summed E-state index contributed by atoms with van der Waals surface area (Å²) in [5.74, 6) is 0.124. The molecule has 0 unspecified atom stereocenters. The van der Waals surface area contributed by atoms with Crippen molar-refractivity contribution in [2.75, 3.05) is 18.8 Å². The highest BCUT2D eigenvalue weighted by molar-refractivity contribution is 9.10. The van der Waals surface area contributed by atoms with E-state index in [0.717, 1.165) is 47.2 Å². The molecule has 2 heterocycles. The number of amides is 1. The molecule has 1 aromatic carbocycles. The summed E-state index contributed by atoms with van der Waals surface area (Å²) in [6.45, 7) is 5.17. The van der Waals surface area contributed by atoms with Crippen molar-refractivity contribution in [3.8, 4) is 0 Å². The van der Waals surface area contributed by atoms with Crippen molar-refractivity contribution in [2.45, 2.75) is 38.0 Å². The molecule has 0 radical (unpaired) electrons. The molecule has 0 saturated heterocycles. The van der Waals surface area contributed by atoms with Gasteiger partial charge in [0, 0.05) is 30.5 Å². The molecule has 144 valence electrons. The summed E-state index contributed by atoms with van der Waals surface area (Å²) >= 11 is 4.73. The molecule has 0 saturated carbocycles. The molecule has 1 amide bonds. The van der Waals surface area contributed by atoms with Crippen molar-refractivity contribution in [2.24, 2.45) is 0 Å². The number of rotatable bonds is 7. The van der Waals surface area contributed by atoms with Crippen LogP contribution >= 0.6 is 27.7 Å². The molecule has 3 rings (SSSR count). The van der Waals surface area contributed by atoms with Crippen molar-refractivity contribution in [3.63, 3.8) is 0 Å². The van der Waals surface area contributed by atoms with Crippen LogP contribution in [0.3, 0.4) is 0 Å². The van der Waals surface area contributed by atoms with E-state index < -0.39 is 0 Å². The Morgan fingerprint density at radius 3 is 3.00 bits per heavy atom. The fourth-order valence-electron chi connectivity index (χ4n) is 3.05. The summed E-state index contributed by atoms with van der Waals surface area (Å²) in [4.78, 5) is 34.2. The summed E-state index contributed by atoms with van der Waals surface area (Å²) in [6, 6.07) is 7.77. The van der Waals surface area contributed by atoms with E-state index >= 15 is 0 Å². The number of carbonyl (C=O) groups is 1. The van der Waals surface area contributed by atoms with Gasteiger partial charge < -0.3 is 10.3 Å². The Hall–Kier alpha value is -1.64. The van der Waals surface area contributed by atoms with Gasteiger partial charge in [-0.2, -0.15) is 0 Å². The highest BCUT2D eigenvalue weighted by Crippen LogP contribution is 2.18. The number of fused-ring (bicyclic) bond motifs is 1. The van der Waals surface area contributed by atoms with E-state index in [4.69, 9.17) is 0 Å². The summed E-state index contributed by atoms with van der Waals surface area (Å²) in [6.07, 6.45) is 1.85. The molecule has 0 spiro atoms. The van der Waals surface area contributed by atoms with Crippen LogP contribution in [-0.2, 0) is 24.3 Å². The predicted octanol–water partition coefficient (Wildman–Crippen LogP) is 2.71. The summed E-state index contributed by atoms with van der Waals surface area (Å²) in [5.41, 5.74) is 2.56. The SMILES string of the molecule is CCCN1CCc2nc(SCC(=O)NCc3ccccc3Br)[nH]c(=O)c2C1. The lowest BCUT2D eigenvalue weighted by Crippen LogP contribution is -2.36. The van der Waals surface area contributed by atoms with E-state index in [1.165, 1.54) is 11.8 Å². The monoisotopic (exact) mass is 450 g/mol. The molecule has 2 N–H and O–H groups in total. The lowest BCUT2D eigenvalue weighted by atomic mass is 10.1. The van der Waals surface area contributed by atoms with E-state index in [-0.39, 0.29) is 17.2 Å². The number of halogens is 1. The van der Waals surface area contributed by atoms with Gasteiger partial charge >= 0.3 is 0 Å². The first-order valence-corrected chi connectivity index (χ1v) is 10.8. The highest BCUT2D eigenvalue weighted by Gasteiger charge is 2.20. The van der Waals surface area contributed by atoms with Crippen LogP contribution < -0.4 is 10.9 Å². The lowest BCUT2D eigenvalue weighted by Gasteiger charge is -2.27. The zero-order chi connectivity index (χ0) is 19.2. The second-order valence-electron chi connectivity index (χ2n) is 6.48.